The summed E-state index contributed by atoms with van der Waals surface area (Å²) in [5.41, 5.74) is -0.715. The summed E-state index contributed by atoms with van der Waals surface area (Å²) in [7, 11) is 0. The molecule has 0 aliphatic heterocycles. The lowest BCUT2D eigenvalue weighted by atomic mass is 10.2. The quantitative estimate of drug-likeness (QED) is 0.618. The highest BCUT2D eigenvalue weighted by molar-refractivity contribution is 5.76. The first kappa shape index (κ1) is 13.6. The van der Waals surface area contributed by atoms with Crippen molar-refractivity contribution in [2.75, 3.05) is 0 Å². The van der Waals surface area contributed by atoms with E-state index in [-0.39, 0.29) is 34.2 Å². The molecule has 0 aliphatic carbocycles. The van der Waals surface area contributed by atoms with Crippen molar-refractivity contribution in [3.63, 3.8) is 0 Å². The second-order valence-corrected chi connectivity index (χ2v) is 4.05. The Hall–Kier alpha value is -2.78. The van der Waals surface area contributed by atoms with Crippen LogP contribution in [0.2, 0.25) is 0 Å². The molecule has 106 valence electrons. The molecule has 0 fully saturated rings. The summed E-state index contributed by atoms with van der Waals surface area (Å²) < 4.78 is 6.10. The van der Waals surface area contributed by atoms with Crippen LogP contribution in [0.4, 0.5) is 11.4 Å². The van der Waals surface area contributed by atoms with Crippen LogP contribution in [0.5, 0.6) is 0 Å². The van der Waals surface area contributed by atoms with Crippen LogP contribution >= 0.6 is 0 Å². The second kappa shape index (κ2) is 4.72. The molecule has 0 saturated heterocycles. The molecule has 2 aromatic rings. The molecule has 0 aliphatic rings. The third kappa shape index (κ3) is 1.90. The highest BCUT2D eigenvalue weighted by atomic mass is 16.6. The molecular formula is C10H11N5O5. The van der Waals surface area contributed by atoms with Crippen LogP contribution in [0.3, 0.4) is 0 Å². The van der Waals surface area contributed by atoms with Gasteiger partial charge in [-0.1, -0.05) is 5.16 Å². The number of aryl methyl sites for hydroxylation is 3. The van der Waals surface area contributed by atoms with E-state index in [1.165, 1.54) is 18.5 Å². The van der Waals surface area contributed by atoms with Gasteiger partial charge in [0, 0.05) is 13.5 Å². The highest BCUT2D eigenvalue weighted by Gasteiger charge is 2.35. The second-order valence-electron chi connectivity index (χ2n) is 4.05. The summed E-state index contributed by atoms with van der Waals surface area (Å²) in [6.07, 6.45) is 0. The average Bonchev–Trinajstić information content (AvgIpc) is 2.88. The monoisotopic (exact) mass is 281 g/mol. The van der Waals surface area contributed by atoms with Crippen molar-refractivity contribution in [3.8, 4) is 11.4 Å². The first-order valence-electron chi connectivity index (χ1n) is 5.71. The highest BCUT2D eigenvalue weighted by Crippen LogP contribution is 2.38. The van der Waals surface area contributed by atoms with Crippen LogP contribution in [0, 0.1) is 34.1 Å². The molecule has 2 aromatic heterocycles. The van der Waals surface area contributed by atoms with Crippen molar-refractivity contribution in [3.05, 3.63) is 31.7 Å². The zero-order chi connectivity index (χ0) is 15.0. The largest absolute Gasteiger partial charge is 0.353 e. The van der Waals surface area contributed by atoms with Gasteiger partial charge in [0.2, 0.25) is 11.5 Å². The van der Waals surface area contributed by atoms with Gasteiger partial charge in [-0.05, 0) is 13.8 Å². The standard InChI is InChI=1S/C10H11N5O5/c1-4-13-10(8(14(16)17)5(2)11-13)7-9(15(18)19)6(3)20-12-7/h4H2,1-3H3. The number of nitro groups is 2. The molecular weight excluding hydrogens is 270 g/mol. The fourth-order valence-corrected chi connectivity index (χ4v) is 1.99. The molecule has 20 heavy (non-hydrogen) atoms. The Kier molecular flexibility index (Phi) is 3.22. The van der Waals surface area contributed by atoms with Crippen molar-refractivity contribution in [2.24, 2.45) is 0 Å². The number of nitrogens with zero attached hydrogens (tertiary/aromatic N) is 5. The normalized spacial score (nSPS) is 10.8. The molecule has 0 unspecified atom stereocenters. The lowest BCUT2D eigenvalue weighted by Gasteiger charge is -1.99. The SMILES string of the molecule is CCn1nc(C)c([N+](=O)[O-])c1-c1noc(C)c1[N+](=O)[O-]. The van der Waals surface area contributed by atoms with E-state index in [1.54, 1.807) is 6.92 Å². The van der Waals surface area contributed by atoms with Gasteiger partial charge < -0.3 is 4.52 Å². The Morgan fingerprint density at radius 2 is 1.80 bits per heavy atom. The van der Waals surface area contributed by atoms with E-state index in [1.807, 2.05) is 0 Å². The topological polar surface area (TPSA) is 130 Å². The molecule has 0 spiro atoms. The predicted octanol–water partition coefficient (Wildman–Crippen LogP) is 1.99. The minimum Gasteiger partial charge on any atom is -0.353 e. The van der Waals surface area contributed by atoms with Gasteiger partial charge in [0.1, 0.15) is 5.69 Å². The molecule has 0 N–H and O–H groups in total. The summed E-state index contributed by atoms with van der Waals surface area (Å²) in [5, 5.41) is 29.8. The zero-order valence-corrected chi connectivity index (χ0v) is 11.0. The zero-order valence-electron chi connectivity index (χ0n) is 11.0. The first-order valence-corrected chi connectivity index (χ1v) is 5.71. The van der Waals surface area contributed by atoms with Crippen molar-refractivity contribution in [1.29, 1.82) is 0 Å². The summed E-state index contributed by atoms with van der Waals surface area (Å²) in [6, 6.07) is 0. The van der Waals surface area contributed by atoms with E-state index in [0.717, 1.165) is 0 Å². The number of hydrogen-bond acceptors (Lipinski definition) is 7. The molecule has 0 bridgehead atoms. The minimum absolute atomic E-state index is 0.0131. The van der Waals surface area contributed by atoms with E-state index in [2.05, 4.69) is 10.3 Å². The van der Waals surface area contributed by atoms with E-state index < -0.39 is 9.85 Å². The van der Waals surface area contributed by atoms with Gasteiger partial charge in [-0.15, -0.1) is 0 Å². The number of aromatic nitrogens is 3. The Labute approximate surface area is 112 Å². The Balaban J connectivity index is 2.82. The van der Waals surface area contributed by atoms with Gasteiger partial charge >= 0.3 is 11.4 Å². The number of rotatable bonds is 4. The van der Waals surface area contributed by atoms with Crippen LogP contribution in [0.1, 0.15) is 18.4 Å². The average molecular weight is 281 g/mol. The summed E-state index contributed by atoms with van der Waals surface area (Å²) >= 11 is 0. The molecule has 10 nitrogen and oxygen atoms in total. The smallest absolute Gasteiger partial charge is 0.341 e. The molecule has 2 heterocycles. The van der Waals surface area contributed by atoms with E-state index in [9.17, 15) is 20.2 Å². The third-order valence-electron chi connectivity index (χ3n) is 2.82. The van der Waals surface area contributed by atoms with Crippen LogP contribution < -0.4 is 0 Å². The van der Waals surface area contributed by atoms with Crippen LogP contribution in [0.15, 0.2) is 4.52 Å². The molecule has 0 amide bonds. The molecule has 2 rings (SSSR count). The van der Waals surface area contributed by atoms with E-state index >= 15 is 0 Å². The third-order valence-corrected chi connectivity index (χ3v) is 2.82. The van der Waals surface area contributed by atoms with Gasteiger partial charge in [0.25, 0.3) is 0 Å². The Morgan fingerprint density at radius 1 is 1.20 bits per heavy atom. The van der Waals surface area contributed by atoms with E-state index in [0.29, 0.717) is 6.54 Å². The Morgan fingerprint density at radius 3 is 2.30 bits per heavy atom. The summed E-state index contributed by atoms with van der Waals surface area (Å²) in [5.74, 6) is -0.0131. The summed E-state index contributed by atoms with van der Waals surface area (Å²) in [4.78, 5) is 20.9. The van der Waals surface area contributed by atoms with Crippen molar-refractivity contribution in [2.45, 2.75) is 27.3 Å². The molecule has 0 saturated carbocycles. The van der Waals surface area contributed by atoms with Gasteiger partial charge in [-0.2, -0.15) is 5.10 Å². The molecule has 0 radical (unpaired) electrons. The van der Waals surface area contributed by atoms with Gasteiger partial charge in [0.15, 0.2) is 5.69 Å². The summed E-state index contributed by atoms with van der Waals surface area (Å²) in [6.45, 7) is 4.87. The number of hydrogen-bond donors (Lipinski definition) is 0. The first-order chi connectivity index (χ1) is 9.38. The maximum atomic E-state index is 11.2. The lowest BCUT2D eigenvalue weighted by Crippen LogP contribution is -2.02. The fraction of sp³-hybridized carbons (Fsp3) is 0.400. The van der Waals surface area contributed by atoms with Crippen LogP contribution in [0.25, 0.3) is 11.4 Å². The predicted molar refractivity (Wildman–Crippen MR) is 66.2 cm³/mol. The van der Waals surface area contributed by atoms with Crippen molar-refractivity contribution >= 4 is 11.4 Å². The van der Waals surface area contributed by atoms with Crippen molar-refractivity contribution in [1.82, 2.24) is 14.9 Å². The molecule has 10 heteroatoms. The van der Waals surface area contributed by atoms with Gasteiger partial charge in [-0.3, -0.25) is 24.9 Å². The maximum Gasteiger partial charge on any atom is 0.341 e. The minimum atomic E-state index is -0.673. The van der Waals surface area contributed by atoms with Crippen LogP contribution in [-0.4, -0.2) is 24.8 Å². The molecule has 0 atom stereocenters. The molecule has 0 aromatic carbocycles. The van der Waals surface area contributed by atoms with Crippen molar-refractivity contribution < 1.29 is 14.4 Å². The Bertz CT molecular complexity index is 701. The van der Waals surface area contributed by atoms with Crippen LogP contribution in [-0.2, 0) is 6.54 Å². The lowest BCUT2D eigenvalue weighted by molar-refractivity contribution is -0.387. The maximum absolute atomic E-state index is 11.2. The van der Waals surface area contributed by atoms with E-state index in [4.69, 9.17) is 4.52 Å². The van der Waals surface area contributed by atoms with Gasteiger partial charge in [0.05, 0.1) is 9.85 Å². The van der Waals surface area contributed by atoms with Gasteiger partial charge in [-0.25, -0.2) is 0 Å². The fourth-order valence-electron chi connectivity index (χ4n) is 1.99.